The van der Waals surface area contributed by atoms with E-state index < -0.39 is 213 Å². The molecule has 0 spiro atoms. The zero-order valence-electron chi connectivity index (χ0n) is 21.7. The minimum atomic E-state index is -0.611. The number of hydrogen-bond acceptors (Lipinski definition) is 0. The summed E-state index contributed by atoms with van der Waals surface area (Å²) in [6, 6.07) is 0. The molecule has 2 radical (unpaired) electrons. The van der Waals surface area contributed by atoms with Gasteiger partial charge in [0.25, 0.3) is 0 Å². The van der Waals surface area contributed by atoms with Crippen LogP contribution in [-0.4, -0.2) is 5.70 Å². The third kappa shape index (κ3) is 40.5. The predicted octanol–water partition coefficient (Wildman–Crippen LogP) is 45.3. The van der Waals surface area contributed by atoms with Gasteiger partial charge in [0.1, 0.15) is 0 Å². The van der Waals surface area contributed by atoms with Crippen LogP contribution < -0.4 is 17.0 Å². The molecule has 0 unspecified atom stereocenters. The van der Waals surface area contributed by atoms with Crippen molar-refractivity contribution in [3.8, 4) is 0 Å². The molecule has 396 valence electrons. The first-order chi connectivity index (χ1) is 25.9. The fraction of sp³-hybridized carbons (Fsp3) is 0. The molecule has 0 aliphatic heterocycles. The fourth-order valence-corrected chi connectivity index (χ4v) is 10500. The molecule has 0 nitrogen and oxygen atoms in total. The molecule has 0 heterocycles. The molecule has 0 rings (SSSR count). The summed E-state index contributed by atoms with van der Waals surface area (Å²) in [5, 5.41) is 0. The van der Waals surface area contributed by atoms with E-state index in [0.717, 1.165) is 0 Å². The Kier molecular flexibility index (Phi) is 101. The molecule has 0 N–H and O–H groups in total. The van der Waals surface area contributed by atoms with Crippen LogP contribution in [0.3, 0.4) is 0 Å². The minimum absolute atomic E-state index is 0.157. The summed E-state index contributed by atoms with van der Waals surface area (Å²) in [7, 11) is -15.4. The first-order valence-electron chi connectivity index (χ1n) is 8.08. The van der Waals surface area contributed by atoms with Gasteiger partial charge in [0.15, 0.2) is 0 Å². The summed E-state index contributed by atoms with van der Waals surface area (Å²) in [4.78, 5) is 0. The van der Waals surface area contributed by atoms with Crippen LogP contribution in [0.15, 0.2) is 0 Å². The van der Waals surface area contributed by atoms with Crippen molar-refractivity contribution in [3.63, 3.8) is 0 Å². The normalized spacial score (nSPS) is 18.8. The first kappa shape index (κ1) is 97.9. The van der Waals surface area contributed by atoms with E-state index in [2.05, 4.69) is 521 Å². The molecule has 0 atom stereocenters. The van der Waals surface area contributed by atoms with E-state index in [1.54, 1.807) is 0 Å². The van der Waals surface area contributed by atoms with Crippen molar-refractivity contribution in [2.75, 3.05) is 0 Å². The maximum absolute atomic E-state index is 6.40. The van der Waals surface area contributed by atoms with Crippen molar-refractivity contribution in [2.45, 2.75) is 0 Å². The van der Waals surface area contributed by atoms with Gasteiger partial charge in [-0.3, -0.25) is 0 Å². The fourth-order valence-electron chi connectivity index (χ4n) is 0.795. The monoisotopic (exact) mass is 7120 g/mol. The van der Waals surface area contributed by atoms with Crippen molar-refractivity contribution >= 4 is 740 Å². The molecule has 0 aromatic rings. The molecule has 0 aromatic heterocycles. The molecule has 0 aliphatic rings. The quantitative estimate of drug-likeness (QED) is 0.0568. The molecular formula is BI56-. The first-order valence-corrected chi connectivity index (χ1v) is 355. The molecule has 57 heteroatoms. The van der Waals surface area contributed by atoms with Gasteiger partial charge >= 0.3 is 757 Å². The van der Waals surface area contributed by atoms with Crippen LogP contribution in [0, 0.1) is 0 Å². The third-order valence-electron chi connectivity index (χ3n) is 2.18. The van der Waals surface area contributed by atoms with Crippen LogP contribution in [0.1, 0.15) is 0 Å². The van der Waals surface area contributed by atoms with Crippen molar-refractivity contribution < 1.29 is 17.0 Å². The average Bonchev–Trinajstić information content (AvgIpc) is 3.21. The van der Waals surface area contributed by atoms with Gasteiger partial charge in [0.2, 0.25) is 0 Å². The second-order valence-corrected chi connectivity index (χ2v) is 1320. The summed E-state index contributed by atoms with van der Waals surface area (Å²) in [6.07, 6.45) is 0. The van der Waals surface area contributed by atoms with Crippen molar-refractivity contribution in [3.05, 3.63) is 0 Å². The second kappa shape index (κ2) is 59.0. The third-order valence-corrected chi connectivity index (χ3v) is 4320. The van der Waals surface area contributed by atoms with E-state index in [4.69, 9.17) is 5.70 Å². The molecule has 0 aromatic carbocycles. The Morgan fingerprint density at radius 2 is 0.281 bits per heavy atom. The van der Waals surface area contributed by atoms with Gasteiger partial charge in [-0.1, -0.05) is 0 Å². The zero-order chi connectivity index (χ0) is 45.3. The Hall–Kier alpha value is 40.9. The molecule has 0 aliphatic carbocycles. The Balaban J connectivity index is 5.64. The number of rotatable bonds is 27. The average molecular weight is 7120 g/mol. The van der Waals surface area contributed by atoms with Crippen LogP contribution in [0.2, 0.25) is 0 Å². The SMILES string of the molecule is [B][I-]I(I)I(I)I(I)I(I)I(I)I(I)I(I)I(I)I(I)I(I)I(I)I(I)I(I)I(I)I(I)I(I)I(I)I(I)I(I)I(I)I(I)I(I)I(I)I(I)I(I)I(I)I(I)I. The number of hydrogen-bond donors (Lipinski definition) is 0. The molecular weight excluding hydrogens is 7120 g/mol. The van der Waals surface area contributed by atoms with E-state index in [9.17, 15) is 0 Å². The van der Waals surface area contributed by atoms with E-state index in [-0.39, 0.29) is 17.0 Å². The Bertz CT molecular complexity index is 1050. The predicted molar refractivity (Wildman–Crippen MR) is 777 cm³/mol. The van der Waals surface area contributed by atoms with Crippen molar-refractivity contribution in [2.24, 2.45) is 0 Å². The molecule has 0 saturated heterocycles. The molecule has 0 saturated carbocycles. The van der Waals surface area contributed by atoms with Crippen molar-refractivity contribution in [1.82, 2.24) is 0 Å². The number of halogens is 56. The second-order valence-electron chi connectivity index (χ2n) is 4.46. The molecule has 57 heavy (non-hydrogen) atoms. The summed E-state index contributed by atoms with van der Waals surface area (Å²) in [5.74, 6) is 0. The van der Waals surface area contributed by atoms with Gasteiger partial charge in [-0.25, -0.2) is 0 Å². The standard InChI is InChI=1S/BI56/c1-30-32(4)34(6)36(8)38(10)40(12)42(14)44(16)46(18)48(20)50(22)52(24)54(26)56(28)57(29)55(27)53(25)51(23)49(21)47(19)45(17)43(15)41(13)39(11)37(9)35(7)33(5)31(2)3/q-1. The van der Waals surface area contributed by atoms with Gasteiger partial charge in [-0.05, 0) is 0 Å². The van der Waals surface area contributed by atoms with Crippen LogP contribution in [0.25, 0.3) is 0 Å². The Labute approximate surface area is 712 Å². The van der Waals surface area contributed by atoms with Gasteiger partial charge in [0, 0.05) is 0 Å². The summed E-state index contributed by atoms with van der Waals surface area (Å²) in [6.45, 7) is 0. The van der Waals surface area contributed by atoms with Crippen LogP contribution >= 0.6 is 734 Å². The van der Waals surface area contributed by atoms with Gasteiger partial charge < -0.3 is 0 Å². The van der Waals surface area contributed by atoms with Crippen LogP contribution in [0.4, 0.5) is 0 Å². The molecule has 0 bridgehead atoms. The van der Waals surface area contributed by atoms with Gasteiger partial charge in [-0.2, -0.15) is 0 Å². The van der Waals surface area contributed by atoms with Gasteiger partial charge in [-0.15, -0.1) is 0 Å². The molecule has 0 amide bonds. The van der Waals surface area contributed by atoms with Gasteiger partial charge in [0.05, 0.1) is 0 Å². The Morgan fingerprint density at radius 3 is 0.386 bits per heavy atom. The zero-order valence-corrected chi connectivity index (χ0v) is 143. The van der Waals surface area contributed by atoms with Crippen LogP contribution in [0.5, 0.6) is 0 Å². The summed E-state index contributed by atoms with van der Waals surface area (Å²) < 4.78 is 0. The van der Waals surface area contributed by atoms with E-state index in [1.165, 1.54) is 0 Å². The topological polar surface area (TPSA) is 0 Å². The Morgan fingerprint density at radius 1 is 0.175 bits per heavy atom. The van der Waals surface area contributed by atoms with E-state index in [1.807, 2.05) is 0 Å². The summed E-state index contributed by atoms with van der Waals surface area (Å²) in [5.41, 5.74) is 6.40. The maximum atomic E-state index is 6.40. The molecule has 0 fully saturated rings. The van der Waals surface area contributed by atoms with E-state index in [0.29, 0.717) is 0 Å². The van der Waals surface area contributed by atoms with E-state index >= 15 is 0 Å². The van der Waals surface area contributed by atoms with Crippen LogP contribution in [-0.2, 0) is 0 Å². The van der Waals surface area contributed by atoms with Crippen molar-refractivity contribution in [1.29, 1.82) is 0 Å². The summed E-state index contributed by atoms with van der Waals surface area (Å²) >= 11 is 92.5.